The first-order valence-electron chi connectivity index (χ1n) is 14.4. The van der Waals surface area contributed by atoms with E-state index in [1.807, 2.05) is 19.2 Å². The van der Waals surface area contributed by atoms with E-state index in [1.165, 1.54) is 47.3 Å². The Morgan fingerprint density at radius 2 is 1.93 bits per heavy atom. The Bertz CT molecular complexity index is 1350. The number of piperidine rings is 1. The number of aliphatic hydroxyl groups excluding tert-OH is 1. The molecule has 7 nitrogen and oxygen atoms in total. The van der Waals surface area contributed by atoms with Crippen LogP contribution in [0.5, 0.6) is 5.75 Å². The maximum Gasteiger partial charge on any atom is 0.263 e. The summed E-state index contributed by atoms with van der Waals surface area (Å²) < 4.78 is 5.94. The summed E-state index contributed by atoms with van der Waals surface area (Å²) in [6.45, 7) is 3.53. The molecule has 2 heterocycles. The molecule has 210 valence electrons. The number of ether oxygens (including phenoxy) is 1. The summed E-state index contributed by atoms with van der Waals surface area (Å²) in [5, 5.41) is 22.4. The second kappa shape index (κ2) is 13.4. The number of thiazole rings is 1. The summed E-state index contributed by atoms with van der Waals surface area (Å²) in [5.74, 6) is 1.52. The monoisotopic (exact) mass is 558 g/mol. The van der Waals surface area contributed by atoms with Gasteiger partial charge in [0.25, 0.3) is 5.91 Å². The molecule has 0 spiro atoms. The molecule has 1 aliphatic heterocycles. The van der Waals surface area contributed by atoms with Gasteiger partial charge in [-0.3, -0.25) is 4.79 Å². The van der Waals surface area contributed by atoms with Crippen LogP contribution in [0.2, 0.25) is 0 Å². The van der Waals surface area contributed by atoms with Crippen LogP contribution in [-0.2, 0) is 19.4 Å². The zero-order valence-electron chi connectivity index (χ0n) is 23.2. The first-order chi connectivity index (χ1) is 19.6. The van der Waals surface area contributed by atoms with Crippen LogP contribution in [0, 0.1) is 11.3 Å². The number of benzene rings is 2. The maximum atomic E-state index is 12.8. The molecule has 3 aromatic rings. The fourth-order valence-corrected chi connectivity index (χ4v) is 7.03. The van der Waals surface area contributed by atoms with Crippen molar-refractivity contribution in [1.82, 2.24) is 15.2 Å². The second-order valence-corrected chi connectivity index (χ2v) is 11.8. The van der Waals surface area contributed by atoms with Crippen molar-refractivity contribution in [2.75, 3.05) is 33.3 Å². The van der Waals surface area contributed by atoms with Crippen molar-refractivity contribution < 1.29 is 14.6 Å². The summed E-state index contributed by atoms with van der Waals surface area (Å²) in [4.78, 5) is 20.3. The molecular weight excluding hydrogens is 520 g/mol. The zero-order chi connectivity index (χ0) is 27.9. The number of likely N-dealkylation sites (tertiary alicyclic amines) is 1. The van der Waals surface area contributed by atoms with E-state index in [9.17, 15) is 9.90 Å². The molecule has 2 aromatic carbocycles. The topological polar surface area (TPSA) is 98.5 Å². The van der Waals surface area contributed by atoms with Gasteiger partial charge in [-0.1, -0.05) is 24.3 Å². The molecule has 5 rings (SSSR count). The number of aryl methyl sites for hydroxylation is 1. The lowest BCUT2D eigenvalue weighted by Crippen LogP contribution is -2.34. The molecule has 40 heavy (non-hydrogen) atoms. The minimum Gasteiger partial charge on any atom is -0.496 e. The van der Waals surface area contributed by atoms with Crippen molar-refractivity contribution in [1.29, 1.82) is 5.26 Å². The average Bonchev–Trinajstić information content (AvgIpc) is 3.45. The molecule has 1 fully saturated rings. The Kier molecular flexibility index (Phi) is 9.48. The number of nitrogens with one attached hydrogen (secondary N) is 1. The van der Waals surface area contributed by atoms with Crippen LogP contribution in [0.1, 0.15) is 82.1 Å². The van der Waals surface area contributed by atoms with Crippen molar-refractivity contribution in [3.63, 3.8) is 0 Å². The zero-order valence-corrected chi connectivity index (χ0v) is 24.1. The smallest absolute Gasteiger partial charge is 0.263 e. The number of carbonyl (C=O) groups excluding carboxylic acids is 1. The second-order valence-electron chi connectivity index (χ2n) is 10.8. The number of rotatable bonds is 10. The van der Waals surface area contributed by atoms with Gasteiger partial charge in [0.2, 0.25) is 0 Å². The largest absolute Gasteiger partial charge is 0.496 e. The lowest BCUT2D eigenvalue weighted by molar-refractivity contribution is 0.0953. The van der Waals surface area contributed by atoms with E-state index >= 15 is 0 Å². The number of carbonyl (C=O) groups is 1. The molecule has 1 saturated heterocycles. The Morgan fingerprint density at radius 3 is 2.65 bits per heavy atom. The summed E-state index contributed by atoms with van der Waals surface area (Å²) in [5.41, 5.74) is 6.11. The van der Waals surface area contributed by atoms with Crippen LogP contribution >= 0.6 is 11.3 Å². The van der Waals surface area contributed by atoms with Gasteiger partial charge in [-0.25, -0.2) is 4.98 Å². The predicted octanol–water partition coefficient (Wildman–Crippen LogP) is 5.45. The van der Waals surface area contributed by atoms with Crippen LogP contribution < -0.4 is 10.1 Å². The summed E-state index contributed by atoms with van der Waals surface area (Å²) >= 11 is 1.27. The van der Waals surface area contributed by atoms with Crippen LogP contribution in [0.15, 0.2) is 36.4 Å². The summed E-state index contributed by atoms with van der Waals surface area (Å²) in [6.07, 6.45) is 9.11. The minimum atomic E-state index is -0.289. The number of methoxy groups -OCH3 is 1. The quantitative estimate of drug-likeness (QED) is 0.321. The molecule has 0 unspecified atom stereocenters. The lowest BCUT2D eigenvalue weighted by atomic mass is 9.83. The molecule has 0 radical (unpaired) electrons. The molecule has 0 bridgehead atoms. The van der Waals surface area contributed by atoms with E-state index in [2.05, 4.69) is 33.4 Å². The van der Waals surface area contributed by atoms with Gasteiger partial charge in [0, 0.05) is 12.1 Å². The highest BCUT2D eigenvalue weighted by molar-refractivity contribution is 7.17. The van der Waals surface area contributed by atoms with Gasteiger partial charge in [-0.05, 0) is 106 Å². The number of hydrogen-bond donors (Lipinski definition) is 2. The van der Waals surface area contributed by atoms with Crippen LogP contribution in [0.3, 0.4) is 0 Å². The lowest BCUT2D eigenvalue weighted by Gasteiger charge is -2.33. The molecule has 2 N–H and O–H groups in total. The number of hydrogen-bond acceptors (Lipinski definition) is 7. The molecular formula is C32H38N4O3S. The standard InChI is InChI=1S/C32H38N4O3S/c1-39-29-26-7-3-2-6-23(26)12-13-27(29)24-14-18-36(19-15-24)17-5-4-16-34-31(38)30-28(21-37)35-32(40-30)25-10-8-22(20-33)9-11-25/h8-13,24,37H,2-7,14-19,21H2,1H3,(H,34,38). The van der Waals surface area contributed by atoms with E-state index in [-0.39, 0.29) is 12.5 Å². The maximum absolute atomic E-state index is 12.8. The fourth-order valence-electron chi connectivity index (χ4n) is 6.03. The number of aromatic nitrogens is 1. The fraction of sp³-hybridized carbons (Fsp3) is 0.469. The van der Waals surface area contributed by atoms with Crippen LogP contribution in [-0.4, -0.2) is 54.2 Å². The number of aliphatic hydroxyl groups is 1. The van der Waals surface area contributed by atoms with E-state index in [4.69, 9.17) is 10.00 Å². The molecule has 0 atom stereocenters. The van der Waals surface area contributed by atoms with Crippen molar-refractivity contribution in [2.45, 2.75) is 63.9 Å². The predicted molar refractivity (Wildman–Crippen MR) is 158 cm³/mol. The molecule has 1 aromatic heterocycles. The highest BCUT2D eigenvalue weighted by Crippen LogP contribution is 2.40. The van der Waals surface area contributed by atoms with Gasteiger partial charge in [-0.2, -0.15) is 5.26 Å². The first-order valence-corrected chi connectivity index (χ1v) is 15.2. The third-order valence-electron chi connectivity index (χ3n) is 8.24. The summed E-state index contributed by atoms with van der Waals surface area (Å²) in [6, 6.07) is 13.8. The Balaban J connectivity index is 1.06. The van der Waals surface area contributed by atoms with E-state index in [0.717, 1.165) is 63.1 Å². The number of fused-ring (bicyclic) bond motifs is 1. The number of nitrogens with zero attached hydrogens (tertiary/aromatic N) is 3. The molecule has 8 heteroatoms. The Labute approximate surface area is 240 Å². The van der Waals surface area contributed by atoms with Gasteiger partial charge in [0.05, 0.1) is 31.0 Å². The van der Waals surface area contributed by atoms with Crippen LogP contribution in [0.25, 0.3) is 10.6 Å². The third kappa shape index (κ3) is 6.38. The molecule has 0 saturated carbocycles. The van der Waals surface area contributed by atoms with Gasteiger partial charge in [-0.15, -0.1) is 11.3 Å². The Hall–Kier alpha value is -3.25. The van der Waals surface area contributed by atoms with Crippen LogP contribution in [0.4, 0.5) is 0 Å². The molecule has 2 aliphatic rings. The number of amides is 1. The van der Waals surface area contributed by atoms with Gasteiger partial charge >= 0.3 is 0 Å². The van der Waals surface area contributed by atoms with E-state index in [1.54, 1.807) is 12.1 Å². The van der Waals surface area contributed by atoms with Gasteiger partial charge in [0.15, 0.2) is 0 Å². The van der Waals surface area contributed by atoms with Crippen molar-refractivity contribution >= 4 is 17.2 Å². The highest BCUT2D eigenvalue weighted by atomic mass is 32.1. The van der Waals surface area contributed by atoms with E-state index in [0.29, 0.717) is 33.6 Å². The molecule has 1 aliphatic carbocycles. The minimum absolute atomic E-state index is 0.193. The summed E-state index contributed by atoms with van der Waals surface area (Å²) in [7, 11) is 1.83. The first kappa shape index (κ1) is 28.3. The normalized spacial score (nSPS) is 15.8. The molecule has 1 amide bonds. The average molecular weight is 559 g/mol. The van der Waals surface area contributed by atoms with Gasteiger partial charge in [0.1, 0.15) is 15.6 Å². The third-order valence-corrected chi connectivity index (χ3v) is 9.39. The van der Waals surface area contributed by atoms with Crippen molar-refractivity contribution in [3.8, 4) is 22.4 Å². The van der Waals surface area contributed by atoms with Gasteiger partial charge < -0.3 is 20.1 Å². The number of unbranched alkanes of at least 4 members (excludes halogenated alkanes) is 1. The SMILES string of the molecule is COc1c(C2CCN(CCCCNC(=O)c3sc(-c4ccc(C#N)cc4)nc3CO)CC2)ccc2c1CCCC2. The van der Waals surface area contributed by atoms with E-state index < -0.39 is 0 Å². The highest BCUT2D eigenvalue weighted by Gasteiger charge is 2.26. The van der Waals surface area contributed by atoms with Crippen molar-refractivity contribution in [2.24, 2.45) is 0 Å². The van der Waals surface area contributed by atoms with Crippen molar-refractivity contribution in [3.05, 3.63) is 69.2 Å². The Morgan fingerprint density at radius 1 is 1.15 bits per heavy atom. The number of nitriles is 1.